The molecule has 0 bridgehead atoms. The fraction of sp³-hybridized carbons (Fsp3) is 0.698. The lowest BCUT2D eigenvalue weighted by Gasteiger charge is -2.12. The largest absolute Gasteiger partial charge is 0.519 e. The molecule has 0 aliphatic heterocycles. The minimum atomic E-state index is -0.643. The van der Waals surface area contributed by atoms with Crippen LogP contribution in [0.25, 0.3) is 0 Å². The van der Waals surface area contributed by atoms with E-state index in [-0.39, 0.29) is 0 Å². The molecule has 0 amide bonds. The van der Waals surface area contributed by atoms with Gasteiger partial charge in [0.1, 0.15) is 11.5 Å². The predicted molar refractivity (Wildman–Crippen MR) is 198 cm³/mol. The first kappa shape index (κ1) is 39.9. The highest BCUT2D eigenvalue weighted by molar-refractivity contribution is 5.68. The van der Waals surface area contributed by atoms with Gasteiger partial charge in [-0.2, -0.15) is 0 Å². The zero-order valence-corrected chi connectivity index (χ0v) is 30.1. The molecule has 0 unspecified atom stereocenters. The summed E-state index contributed by atoms with van der Waals surface area (Å²) in [4.78, 5) is 12.8. The molecule has 2 rings (SSSR count). The summed E-state index contributed by atoms with van der Waals surface area (Å²) in [6.07, 6.45) is 36.2. The number of unbranched alkanes of at least 4 members (excludes halogenated alkanes) is 24. The highest BCUT2D eigenvalue weighted by Gasteiger charge is 2.13. The lowest BCUT2D eigenvalue weighted by atomic mass is 10.0. The first-order valence-corrected chi connectivity index (χ1v) is 19.8. The maximum atomic E-state index is 12.8. The highest BCUT2D eigenvalue weighted by atomic mass is 16.7. The van der Waals surface area contributed by atoms with Crippen molar-refractivity contribution in [1.82, 2.24) is 0 Å². The second-order valence-electron chi connectivity index (χ2n) is 13.7. The minimum Gasteiger partial charge on any atom is -0.394 e. The van der Waals surface area contributed by atoms with Crippen LogP contribution in [0.15, 0.2) is 48.5 Å². The molecular weight excluding hydrogens is 564 g/mol. The lowest BCUT2D eigenvalue weighted by Crippen LogP contribution is -2.15. The molecule has 0 atom stereocenters. The van der Waals surface area contributed by atoms with Gasteiger partial charge in [0, 0.05) is 0 Å². The van der Waals surface area contributed by atoms with E-state index in [4.69, 9.17) is 9.47 Å². The van der Waals surface area contributed by atoms with Crippen molar-refractivity contribution in [3.05, 3.63) is 59.7 Å². The van der Waals surface area contributed by atoms with Gasteiger partial charge in [-0.3, -0.25) is 0 Å². The Kier molecular flexibility index (Phi) is 25.1. The summed E-state index contributed by atoms with van der Waals surface area (Å²) in [6.45, 7) is 4.57. The summed E-state index contributed by atoms with van der Waals surface area (Å²) >= 11 is 0. The second-order valence-corrected chi connectivity index (χ2v) is 13.7. The fourth-order valence-corrected chi connectivity index (χ4v) is 6.49. The van der Waals surface area contributed by atoms with Gasteiger partial charge in [-0.05, 0) is 48.9 Å². The van der Waals surface area contributed by atoms with Gasteiger partial charge < -0.3 is 9.47 Å². The van der Waals surface area contributed by atoms with Crippen molar-refractivity contribution >= 4 is 6.16 Å². The van der Waals surface area contributed by atoms with Crippen LogP contribution in [0.5, 0.6) is 11.5 Å². The molecule has 2 aromatic carbocycles. The van der Waals surface area contributed by atoms with Gasteiger partial charge in [0.15, 0.2) is 0 Å². The zero-order chi connectivity index (χ0) is 32.8. The number of para-hydroxylation sites is 2. The van der Waals surface area contributed by atoms with Gasteiger partial charge in [-0.1, -0.05) is 204 Å². The van der Waals surface area contributed by atoms with Gasteiger partial charge in [0.2, 0.25) is 0 Å². The quantitative estimate of drug-likeness (QED) is 0.0487. The number of carbonyl (C=O) groups is 1. The molecule has 3 nitrogen and oxygen atoms in total. The Morgan fingerprint density at radius 3 is 0.957 bits per heavy atom. The number of rotatable bonds is 30. The van der Waals surface area contributed by atoms with Crippen LogP contribution < -0.4 is 9.47 Å². The standard InChI is InChI=1S/C43H70O3/c1-3-5-7-9-11-13-15-17-19-21-23-25-27-33-39-35-29-31-37-41(39)45-43(44)46-42-38-32-30-36-40(42)34-28-26-24-22-20-18-16-14-12-10-8-6-4-2/h29-32,35-38H,3-28,33-34H2,1-2H3. The third-order valence-corrected chi connectivity index (χ3v) is 9.43. The Labute approximate surface area is 284 Å². The molecule has 0 fully saturated rings. The van der Waals surface area contributed by atoms with Crippen molar-refractivity contribution < 1.29 is 14.3 Å². The fourth-order valence-electron chi connectivity index (χ4n) is 6.49. The number of ether oxygens (including phenoxy) is 2. The summed E-state index contributed by atoms with van der Waals surface area (Å²) in [7, 11) is 0. The van der Waals surface area contributed by atoms with Crippen LogP contribution in [0.2, 0.25) is 0 Å². The van der Waals surface area contributed by atoms with Gasteiger partial charge in [0.25, 0.3) is 0 Å². The summed E-state index contributed by atoms with van der Waals surface area (Å²) in [5.74, 6) is 1.25. The molecule has 3 heteroatoms. The highest BCUT2D eigenvalue weighted by Crippen LogP contribution is 2.25. The van der Waals surface area contributed by atoms with Crippen LogP contribution in [-0.4, -0.2) is 6.16 Å². The SMILES string of the molecule is CCCCCCCCCCCCCCCc1ccccc1OC(=O)Oc1ccccc1CCCCCCCCCCCCCCC. The molecule has 0 aliphatic carbocycles. The molecule has 0 heterocycles. The third kappa shape index (κ3) is 20.8. The van der Waals surface area contributed by atoms with Crippen molar-refractivity contribution in [3.63, 3.8) is 0 Å². The molecule has 0 aliphatic rings. The number of carbonyl (C=O) groups excluding carboxylic acids is 1. The molecule has 0 radical (unpaired) electrons. The molecular formula is C43H70O3. The Balaban J connectivity index is 1.58. The monoisotopic (exact) mass is 635 g/mol. The van der Waals surface area contributed by atoms with E-state index in [1.165, 1.54) is 154 Å². The Hall–Kier alpha value is -2.29. The van der Waals surface area contributed by atoms with E-state index in [1.807, 2.05) is 36.4 Å². The van der Waals surface area contributed by atoms with Crippen LogP contribution in [0.3, 0.4) is 0 Å². The molecule has 0 aromatic heterocycles. The van der Waals surface area contributed by atoms with Crippen molar-refractivity contribution in [2.75, 3.05) is 0 Å². The van der Waals surface area contributed by atoms with Crippen molar-refractivity contribution in [1.29, 1.82) is 0 Å². The first-order valence-electron chi connectivity index (χ1n) is 19.8. The smallest absolute Gasteiger partial charge is 0.394 e. The summed E-state index contributed by atoms with van der Waals surface area (Å²) < 4.78 is 11.5. The average Bonchev–Trinajstić information content (AvgIpc) is 3.06. The number of hydrogen-bond donors (Lipinski definition) is 0. The molecule has 0 spiro atoms. The van der Waals surface area contributed by atoms with Crippen LogP contribution in [-0.2, 0) is 12.8 Å². The van der Waals surface area contributed by atoms with Crippen molar-refractivity contribution in [2.24, 2.45) is 0 Å². The van der Waals surface area contributed by atoms with Gasteiger partial charge in [0.05, 0.1) is 0 Å². The molecule has 0 saturated heterocycles. The second kappa shape index (κ2) is 28.9. The number of aryl methyl sites for hydroxylation is 2. The molecule has 0 N–H and O–H groups in total. The van der Waals surface area contributed by atoms with Crippen LogP contribution in [0.1, 0.15) is 192 Å². The third-order valence-electron chi connectivity index (χ3n) is 9.43. The minimum absolute atomic E-state index is 0.625. The predicted octanol–water partition coefficient (Wildman–Crippen LogP) is 14.5. The Bertz CT molecular complexity index is 906. The first-order chi connectivity index (χ1) is 22.7. The lowest BCUT2D eigenvalue weighted by molar-refractivity contribution is 0.151. The van der Waals surface area contributed by atoms with E-state index in [1.54, 1.807) is 0 Å². The van der Waals surface area contributed by atoms with E-state index < -0.39 is 6.16 Å². The van der Waals surface area contributed by atoms with Gasteiger partial charge in [-0.15, -0.1) is 0 Å². The number of hydrogen-bond acceptors (Lipinski definition) is 3. The maximum absolute atomic E-state index is 12.8. The van der Waals surface area contributed by atoms with E-state index >= 15 is 0 Å². The zero-order valence-electron chi connectivity index (χ0n) is 30.1. The summed E-state index contributed by atoms with van der Waals surface area (Å²) in [5, 5.41) is 0. The van der Waals surface area contributed by atoms with E-state index in [9.17, 15) is 4.79 Å². The van der Waals surface area contributed by atoms with Crippen molar-refractivity contribution in [3.8, 4) is 11.5 Å². The van der Waals surface area contributed by atoms with Crippen LogP contribution in [0, 0.1) is 0 Å². The van der Waals surface area contributed by atoms with E-state index in [0.717, 1.165) is 36.8 Å². The summed E-state index contributed by atoms with van der Waals surface area (Å²) in [5.41, 5.74) is 2.17. The number of benzene rings is 2. The van der Waals surface area contributed by atoms with Crippen LogP contribution >= 0.6 is 0 Å². The molecule has 0 saturated carbocycles. The maximum Gasteiger partial charge on any atom is 0.519 e. The van der Waals surface area contributed by atoms with E-state index in [2.05, 4.69) is 26.0 Å². The Morgan fingerprint density at radius 1 is 0.391 bits per heavy atom. The topological polar surface area (TPSA) is 35.5 Å². The van der Waals surface area contributed by atoms with Crippen LogP contribution in [0.4, 0.5) is 4.79 Å². The normalized spacial score (nSPS) is 11.2. The summed E-state index contributed by atoms with van der Waals surface area (Å²) in [6, 6.07) is 15.8. The average molecular weight is 635 g/mol. The van der Waals surface area contributed by atoms with E-state index in [0.29, 0.717) is 11.5 Å². The van der Waals surface area contributed by atoms with Gasteiger partial charge in [-0.25, -0.2) is 4.79 Å². The molecule has 260 valence electrons. The molecule has 2 aromatic rings. The van der Waals surface area contributed by atoms with Gasteiger partial charge >= 0.3 is 6.16 Å². The molecule has 46 heavy (non-hydrogen) atoms. The Morgan fingerprint density at radius 2 is 0.652 bits per heavy atom. The van der Waals surface area contributed by atoms with Crippen molar-refractivity contribution in [2.45, 2.75) is 194 Å².